The number of benzene rings is 2. The van der Waals surface area contributed by atoms with E-state index in [0.29, 0.717) is 0 Å². The van der Waals surface area contributed by atoms with E-state index in [9.17, 15) is 9.59 Å². The molecule has 0 fully saturated rings. The average molecular weight is 336 g/mol. The fraction of sp³-hybridized carbons (Fsp3) is 0.333. The zero-order valence-corrected chi connectivity index (χ0v) is 15.2. The average Bonchev–Trinajstić information content (AvgIpc) is 2.86. The van der Waals surface area contributed by atoms with Crippen molar-refractivity contribution >= 4 is 23.2 Å². The SMILES string of the molecule is Cc1cc(C)c(NC(=O)CC(=O)N2c3ccccc3CC2C)c(C)c1. The van der Waals surface area contributed by atoms with Gasteiger partial charge in [0.15, 0.2) is 0 Å². The molecule has 1 aliphatic rings. The predicted octanol–water partition coefficient (Wildman–Crippen LogP) is 3.92. The highest BCUT2D eigenvalue weighted by Crippen LogP contribution is 2.32. The minimum atomic E-state index is -0.267. The van der Waals surface area contributed by atoms with E-state index in [4.69, 9.17) is 0 Å². The molecule has 1 aliphatic heterocycles. The molecule has 2 aromatic rings. The highest BCUT2D eigenvalue weighted by atomic mass is 16.2. The van der Waals surface area contributed by atoms with Crippen LogP contribution in [0.25, 0.3) is 0 Å². The number of anilines is 2. The van der Waals surface area contributed by atoms with Gasteiger partial charge in [0, 0.05) is 17.4 Å². The fourth-order valence-electron chi connectivity index (χ4n) is 3.73. The van der Waals surface area contributed by atoms with Crippen molar-refractivity contribution in [2.24, 2.45) is 0 Å². The molecule has 3 rings (SSSR count). The maximum absolute atomic E-state index is 12.7. The molecule has 0 bridgehead atoms. The molecule has 25 heavy (non-hydrogen) atoms. The lowest BCUT2D eigenvalue weighted by atomic mass is 10.0. The van der Waals surface area contributed by atoms with E-state index in [2.05, 4.69) is 5.32 Å². The summed E-state index contributed by atoms with van der Waals surface area (Å²) >= 11 is 0. The number of carbonyl (C=O) groups is 2. The van der Waals surface area contributed by atoms with Crippen LogP contribution in [0.3, 0.4) is 0 Å². The summed E-state index contributed by atoms with van der Waals surface area (Å²) in [6.45, 7) is 7.98. The molecule has 1 unspecified atom stereocenters. The minimum Gasteiger partial charge on any atom is -0.325 e. The van der Waals surface area contributed by atoms with Crippen LogP contribution in [-0.2, 0) is 16.0 Å². The molecule has 1 heterocycles. The lowest BCUT2D eigenvalue weighted by Crippen LogP contribution is -2.37. The van der Waals surface area contributed by atoms with Gasteiger partial charge >= 0.3 is 0 Å². The number of carbonyl (C=O) groups excluding carboxylic acids is 2. The summed E-state index contributed by atoms with van der Waals surface area (Å²) < 4.78 is 0. The first-order valence-corrected chi connectivity index (χ1v) is 8.64. The Bertz CT molecular complexity index is 819. The first kappa shape index (κ1) is 17.2. The Morgan fingerprint density at radius 3 is 2.44 bits per heavy atom. The highest BCUT2D eigenvalue weighted by Gasteiger charge is 2.31. The molecule has 0 radical (unpaired) electrons. The van der Waals surface area contributed by atoms with Gasteiger partial charge in [-0.1, -0.05) is 35.9 Å². The van der Waals surface area contributed by atoms with E-state index in [1.54, 1.807) is 4.90 Å². The van der Waals surface area contributed by atoms with Crippen LogP contribution in [-0.4, -0.2) is 17.9 Å². The number of fused-ring (bicyclic) bond motifs is 1. The van der Waals surface area contributed by atoms with Crippen LogP contribution >= 0.6 is 0 Å². The third kappa shape index (κ3) is 3.43. The summed E-state index contributed by atoms with van der Waals surface area (Å²) in [5, 5.41) is 2.91. The van der Waals surface area contributed by atoms with E-state index in [1.165, 1.54) is 0 Å². The molecule has 0 aromatic heterocycles. The molecule has 1 N–H and O–H groups in total. The smallest absolute Gasteiger partial charge is 0.236 e. The van der Waals surface area contributed by atoms with Crippen molar-refractivity contribution in [3.63, 3.8) is 0 Å². The Labute approximate surface area is 148 Å². The van der Waals surface area contributed by atoms with Gasteiger partial charge in [-0.25, -0.2) is 0 Å². The van der Waals surface area contributed by atoms with Crippen LogP contribution in [0.15, 0.2) is 36.4 Å². The van der Waals surface area contributed by atoms with Gasteiger partial charge in [-0.05, 0) is 56.9 Å². The highest BCUT2D eigenvalue weighted by molar-refractivity contribution is 6.10. The lowest BCUT2D eigenvalue weighted by molar-refractivity contribution is -0.125. The molecule has 130 valence electrons. The fourth-order valence-corrected chi connectivity index (χ4v) is 3.73. The van der Waals surface area contributed by atoms with Gasteiger partial charge in [0.2, 0.25) is 11.8 Å². The minimum absolute atomic E-state index is 0.0838. The number of hydrogen-bond donors (Lipinski definition) is 1. The second kappa shape index (κ2) is 6.71. The first-order valence-electron chi connectivity index (χ1n) is 8.64. The number of amides is 2. The zero-order chi connectivity index (χ0) is 18.1. The van der Waals surface area contributed by atoms with Crippen LogP contribution in [0.5, 0.6) is 0 Å². The van der Waals surface area contributed by atoms with Crippen LogP contribution < -0.4 is 10.2 Å². The Kier molecular flexibility index (Phi) is 4.62. The molecule has 0 aliphatic carbocycles. The van der Waals surface area contributed by atoms with Gasteiger partial charge in [-0.15, -0.1) is 0 Å². The molecule has 2 aromatic carbocycles. The second-order valence-corrected chi connectivity index (χ2v) is 6.94. The van der Waals surface area contributed by atoms with E-state index in [0.717, 1.165) is 40.0 Å². The topological polar surface area (TPSA) is 49.4 Å². The molecule has 0 saturated heterocycles. The Balaban J connectivity index is 1.73. The van der Waals surface area contributed by atoms with Crippen molar-refractivity contribution in [3.8, 4) is 0 Å². The second-order valence-electron chi connectivity index (χ2n) is 6.94. The van der Waals surface area contributed by atoms with Gasteiger partial charge in [0.05, 0.1) is 0 Å². The van der Waals surface area contributed by atoms with Crippen LogP contribution in [0.2, 0.25) is 0 Å². The Morgan fingerprint density at radius 1 is 1.12 bits per heavy atom. The maximum atomic E-state index is 12.7. The van der Waals surface area contributed by atoms with Crippen molar-refractivity contribution in [2.75, 3.05) is 10.2 Å². The predicted molar refractivity (Wildman–Crippen MR) is 101 cm³/mol. The molecule has 1 atom stereocenters. The van der Waals surface area contributed by atoms with Crippen LogP contribution in [0, 0.1) is 20.8 Å². The first-order chi connectivity index (χ1) is 11.9. The maximum Gasteiger partial charge on any atom is 0.236 e. The molecule has 0 spiro atoms. The molecule has 2 amide bonds. The normalized spacial score (nSPS) is 15.8. The third-order valence-corrected chi connectivity index (χ3v) is 4.73. The van der Waals surface area contributed by atoms with Crippen molar-refractivity contribution in [1.82, 2.24) is 0 Å². The van der Waals surface area contributed by atoms with Gasteiger partial charge in [-0.3, -0.25) is 9.59 Å². The third-order valence-electron chi connectivity index (χ3n) is 4.73. The zero-order valence-electron chi connectivity index (χ0n) is 15.2. The van der Waals surface area contributed by atoms with E-state index in [-0.39, 0.29) is 24.3 Å². The number of rotatable bonds is 3. The summed E-state index contributed by atoms with van der Waals surface area (Å²) in [4.78, 5) is 26.9. The van der Waals surface area contributed by atoms with E-state index in [1.807, 2.05) is 64.1 Å². The molecule has 4 nitrogen and oxygen atoms in total. The Morgan fingerprint density at radius 2 is 1.76 bits per heavy atom. The number of nitrogens with zero attached hydrogens (tertiary/aromatic N) is 1. The molecule has 0 saturated carbocycles. The van der Waals surface area contributed by atoms with Crippen LogP contribution in [0.1, 0.15) is 35.6 Å². The van der Waals surface area contributed by atoms with Crippen molar-refractivity contribution in [2.45, 2.75) is 46.6 Å². The molecular formula is C21H24N2O2. The summed E-state index contributed by atoms with van der Waals surface area (Å²) in [7, 11) is 0. The van der Waals surface area contributed by atoms with Crippen molar-refractivity contribution in [3.05, 3.63) is 58.7 Å². The van der Waals surface area contributed by atoms with Gasteiger partial charge in [0.25, 0.3) is 0 Å². The van der Waals surface area contributed by atoms with Crippen molar-refractivity contribution in [1.29, 1.82) is 0 Å². The van der Waals surface area contributed by atoms with E-state index < -0.39 is 0 Å². The Hall–Kier alpha value is -2.62. The molecular weight excluding hydrogens is 312 g/mol. The summed E-state index contributed by atoms with van der Waals surface area (Å²) in [6.07, 6.45) is 0.686. The van der Waals surface area contributed by atoms with Gasteiger partial charge in [0.1, 0.15) is 6.42 Å². The number of nitrogens with one attached hydrogen (secondary N) is 1. The van der Waals surface area contributed by atoms with Crippen molar-refractivity contribution < 1.29 is 9.59 Å². The summed E-state index contributed by atoms with van der Waals surface area (Å²) in [5.41, 5.74) is 6.07. The summed E-state index contributed by atoms with van der Waals surface area (Å²) in [5.74, 6) is -0.422. The standard InChI is InChI=1S/C21H24N2O2/c1-13-9-14(2)21(15(3)10-13)22-19(24)12-20(25)23-16(4)11-17-7-5-6-8-18(17)23/h5-10,16H,11-12H2,1-4H3,(H,22,24). The van der Waals surface area contributed by atoms with Crippen LogP contribution in [0.4, 0.5) is 11.4 Å². The largest absolute Gasteiger partial charge is 0.325 e. The van der Waals surface area contributed by atoms with Gasteiger partial charge < -0.3 is 10.2 Å². The number of para-hydroxylation sites is 1. The monoisotopic (exact) mass is 336 g/mol. The van der Waals surface area contributed by atoms with Gasteiger partial charge in [-0.2, -0.15) is 0 Å². The number of aryl methyl sites for hydroxylation is 3. The lowest BCUT2D eigenvalue weighted by Gasteiger charge is -2.22. The molecule has 4 heteroatoms. The van der Waals surface area contributed by atoms with E-state index >= 15 is 0 Å². The quantitative estimate of drug-likeness (QED) is 0.864. The number of hydrogen-bond acceptors (Lipinski definition) is 2. The summed E-state index contributed by atoms with van der Waals surface area (Å²) in [6, 6.07) is 12.0.